The van der Waals surface area contributed by atoms with E-state index in [2.05, 4.69) is 10.6 Å². The first-order valence-electron chi connectivity index (χ1n) is 6.39. The zero-order valence-corrected chi connectivity index (χ0v) is 10.8. The Morgan fingerprint density at radius 3 is 2.76 bits per heavy atom. The molecule has 0 aromatic rings. The maximum atomic E-state index is 12.2. The molecule has 1 heterocycles. The Kier molecular flexibility index (Phi) is 5.97. The van der Waals surface area contributed by atoms with Crippen molar-refractivity contribution in [2.75, 3.05) is 33.2 Å². The predicted octanol–water partition coefficient (Wildman–Crippen LogP) is -0.0294. The van der Waals surface area contributed by atoms with Crippen molar-refractivity contribution in [2.24, 2.45) is 5.92 Å². The lowest BCUT2D eigenvalue weighted by Gasteiger charge is -2.29. The number of carbonyl (C=O) groups is 2. The molecular formula is C12H23N3O2. The van der Waals surface area contributed by atoms with E-state index in [0.29, 0.717) is 6.54 Å². The number of amides is 2. The van der Waals surface area contributed by atoms with Crippen molar-refractivity contribution in [2.45, 2.75) is 26.2 Å². The molecule has 0 spiro atoms. The van der Waals surface area contributed by atoms with Gasteiger partial charge in [-0.3, -0.25) is 9.59 Å². The van der Waals surface area contributed by atoms with Gasteiger partial charge in [0.2, 0.25) is 11.8 Å². The van der Waals surface area contributed by atoms with Gasteiger partial charge in [-0.05, 0) is 25.8 Å². The molecule has 1 atom stereocenters. The van der Waals surface area contributed by atoms with Gasteiger partial charge in [0.15, 0.2) is 0 Å². The lowest BCUT2D eigenvalue weighted by Crippen LogP contribution is -2.46. The van der Waals surface area contributed by atoms with E-state index in [1.165, 1.54) is 0 Å². The number of likely N-dealkylation sites (N-methyl/N-ethyl adjacent to an activating group) is 1. The van der Waals surface area contributed by atoms with Crippen molar-refractivity contribution in [1.29, 1.82) is 0 Å². The Balaban J connectivity index is 2.55. The van der Waals surface area contributed by atoms with Crippen molar-refractivity contribution in [3.05, 3.63) is 0 Å². The minimum atomic E-state index is -0.101. The summed E-state index contributed by atoms with van der Waals surface area (Å²) < 4.78 is 0. The fraction of sp³-hybridized carbons (Fsp3) is 0.833. The van der Waals surface area contributed by atoms with Gasteiger partial charge in [-0.2, -0.15) is 0 Å². The Hall–Kier alpha value is -1.10. The summed E-state index contributed by atoms with van der Waals surface area (Å²) in [6, 6.07) is 0. The molecule has 0 unspecified atom stereocenters. The molecule has 2 amide bonds. The monoisotopic (exact) mass is 241 g/mol. The van der Waals surface area contributed by atoms with Gasteiger partial charge in [0, 0.05) is 20.1 Å². The highest BCUT2D eigenvalue weighted by Gasteiger charge is 2.26. The van der Waals surface area contributed by atoms with Crippen LogP contribution < -0.4 is 10.6 Å². The van der Waals surface area contributed by atoms with E-state index in [0.717, 1.165) is 32.4 Å². The van der Waals surface area contributed by atoms with E-state index in [-0.39, 0.29) is 24.3 Å². The normalized spacial score (nSPS) is 19.8. The number of hydrogen-bond donors (Lipinski definition) is 2. The highest BCUT2D eigenvalue weighted by molar-refractivity contribution is 5.85. The van der Waals surface area contributed by atoms with Crippen LogP contribution in [0.25, 0.3) is 0 Å². The van der Waals surface area contributed by atoms with Crippen molar-refractivity contribution in [1.82, 2.24) is 15.5 Å². The number of nitrogens with one attached hydrogen (secondary N) is 2. The molecule has 0 aromatic carbocycles. The van der Waals surface area contributed by atoms with Gasteiger partial charge >= 0.3 is 0 Å². The van der Waals surface area contributed by atoms with Gasteiger partial charge in [0.25, 0.3) is 0 Å². The van der Waals surface area contributed by atoms with Crippen molar-refractivity contribution in [3.8, 4) is 0 Å². The van der Waals surface area contributed by atoms with Gasteiger partial charge in [0.05, 0.1) is 12.5 Å². The molecule has 5 heteroatoms. The number of carbonyl (C=O) groups excluding carboxylic acids is 2. The molecule has 1 fully saturated rings. The van der Waals surface area contributed by atoms with E-state index < -0.39 is 0 Å². The molecule has 0 radical (unpaired) electrons. The number of hydrogen-bond acceptors (Lipinski definition) is 3. The summed E-state index contributed by atoms with van der Waals surface area (Å²) in [7, 11) is 1.60. The topological polar surface area (TPSA) is 61.4 Å². The van der Waals surface area contributed by atoms with Crippen molar-refractivity contribution < 1.29 is 9.59 Å². The van der Waals surface area contributed by atoms with Gasteiger partial charge in [-0.1, -0.05) is 6.92 Å². The van der Waals surface area contributed by atoms with Crippen LogP contribution in [-0.4, -0.2) is 49.9 Å². The molecule has 0 aliphatic carbocycles. The molecule has 0 bridgehead atoms. The smallest absolute Gasteiger partial charge is 0.239 e. The average molecular weight is 241 g/mol. The van der Waals surface area contributed by atoms with Crippen molar-refractivity contribution in [3.63, 3.8) is 0 Å². The first kappa shape index (κ1) is 14.0. The molecule has 1 rings (SSSR count). The highest BCUT2D eigenvalue weighted by Crippen LogP contribution is 2.13. The second kappa shape index (κ2) is 7.27. The van der Waals surface area contributed by atoms with E-state index in [9.17, 15) is 9.59 Å². The third kappa shape index (κ3) is 4.34. The average Bonchev–Trinajstić information content (AvgIpc) is 2.38. The van der Waals surface area contributed by atoms with E-state index in [1.807, 2.05) is 6.92 Å². The van der Waals surface area contributed by atoms with Crippen LogP contribution in [0.4, 0.5) is 0 Å². The molecule has 0 saturated carbocycles. The van der Waals surface area contributed by atoms with Crippen LogP contribution in [-0.2, 0) is 9.59 Å². The summed E-state index contributed by atoms with van der Waals surface area (Å²) in [6.45, 7) is 4.59. The summed E-state index contributed by atoms with van der Waals surface area (Å²) in [5.41, 5.74) is 0. The van der Waals surface area contributed by atoms with Crippen molar-refractivity contribution >= 4 is 11.8 Å². The zero-order valence-electron chi connectivity index (χ0n) is 10.8. The first-order valence-corrected chi connectivity index (χ1v) is 6.39. The molecule has 98 valence electrons. The number of rotatable bonds is 5. The van der Waals surface area contributed by atoms with Crippen LogP contribution in [0.2, 0.25) is 0 Å². The zero-order chi connectivity index (χ0) is 12.7. The quantitative estimate of drug-likeness (QED) is 0.710. The van der Waals surface area contributed by atoms with Gasteiger partial charge in [-0.25, -0.2) is 0 Å². The van der Waals surface area contributed by atoms with Crippen LogP contribution in [0.3, 0.4) is 0 Å². The molecule has 17 heavy (non-hydrogen) atoms. The van der Waals surface area contributed by atoms with Crippen LogP contribution in [0, 0.1) is 5.92 Å². The summed E-state index contributed by atoms with van der Waals surface area (Å²) in [5.74, 6) is 0.0539. The van der Waals surface area contributed by atoms with E-state index >= 15 is 0 Å². The number of piperidine rings is 1. The van der Waals surface area contributed by atoms with E-state index in [4.69, 9.17) is 0 Å². The van der Waals surface area contributed by atoms with Crippen LogP contribution in [0.15, 0.2) is 0 Å². The Morgan fingerprint density at radius 2 is 2.24 bits per heavy atom. The summed E-state index contributed by atoms with van der Waals surface area (Å²) in [4.78, 5) is 25.3. The molecule has 5 nitrogen and oxygen atoms in total. The van der Waals surface area contributed by atoms with Crippen LogP contribution in [0.1, 0.15) is 26.2 Å². The lowest BCUT2D eigenvalue weighted by atomic mass is 9.98. The maximum Gasteiger partial charge on any atom is 0.239 e. The molecule has 1 saturated heterocycles. The third-order valence-corrected chi connectivity index (χ3v) is 3.06. The van der Waals surface area contributed by atoms with Gasteiger partial charge in [0.1, 0.15) is 0 Å². The molecule has 1 aliphatic heterocycles. The molecule has 2 N–H and O–H groups in total. The number of nitrogens with zero attached hydrogens (tertiary/aromatic N) is 1. The van der Waals surface area contributed by atoms with Gasteiger partial charge in [-0.15, -0.1) is 0 Å². The molecule has 0 aromatic heterocycles. The second-order valence-corrected chi connectivity index (χ2v) is 4.48. The fourth-order valence-corrected chi connectivity index (χ4v) is 2.11. The Morgan fingerprint density at radius 1 is 1.47 bits per heavy atom. The fourth-order valence-electron chi connectivity index (χ4n) is 2.11. The Bertz CT molecular complexity index is 262. The lowest BCUT2D eigenvalue weighted by molar-refractivity contribution is -0.139. The summed E-state index contributed by atoms with van der Waals surface area (Å²) in [5, 5.41) is 5.80. The van der Waals surface area contributed by atoms with Gasteiger partial charge < -0.3 is 15.5 Å². The van der Waals surface area contributed by atoms with E-state index in [1.54, 1.807) is 11.9 Å². The first-order chi connectivity index (χ1) is 8.19. The SMILES string of the molecule is CCCN(CC(=O)NC)C(=O)[C@@H]1CCCNC1. The largest absolute Gasteiger partial charge is 0.358 e. The maximum absolute atomic E-state index is 12.2. The Labute approximate surface area is 103 Å². The minimum absolute atomic E-state index is 0.0416. The summed E-state index contributed by atoms with van der Waals surface area (Å²) >= 11 is 0. The van der Waals surface area contributed by atoms with Crippen LogP contribution >= 0.6 is 0 Å². The third-order valence-electron chi connectivity index (χ3n) is 3.06. The standard InChI is InChI=1S/C12H23N3O2/c1-3-7-15(9-11(16)13-2)12(17)10-5-4-6-14-8-10/h10,14H,3-9H2,1-2H3,(H,13,16)/t10-/m1/s1. The second-order valence-electron chi connectivity index (χ2n) is 4.48. The molecular weight excluding hydrogens is 218 g/mol. The molecule has 1 aliphatic rings. The minimum Gasteiger partial charge on any atom is -0.358 e. The summed E-state index contributed by atoms with van der Waals surface area (Å²) in [6.07, 6.45) is 2.85. The highest BCUT2D eigenvalue weighted by atomic mass is 16.2. The predicted molar refractivity (Wildman–Crippen MR) is 66.5 cm³/mol. The van der Waals surface area contributed by atoms with Crippen LogP contribution in [0.5, 0.6) is 0 Å².